The number of benzene rings is 1. The van der Waals surface area contributed by atoms with Crippen molar-refractivity contribution in [1.82, 2.24) is 0 Å². The van der Waals surface area contributed by atoms with E-state index in [1.807, 2.05) is 26.0 Å². The van der Waals surface area contributed by atoms with E-state index in [-0.39, 0.29) is 6.61 Å². The van der Waals surface area contributed by atoms with Crippen molar-refractivity contribution < 1.29 is 5.11 Å². The van der Waals surface area contributed by atoms with Gasteiger partial charge >= 0.3 is 0 Å². The van der Waals surface area contributed by atoms with Crippen LogP contribution in [0.15, 0.2) is 12.1 Å². The molecular formula is C9H11ClO. The van der Waals surface area contributed by atoms with Gasteiger partial charge in [0.05, 0.1) is 6.61 Å². The molecule has 0 aliphatic heterocycles. The van der Waals surface area contributed by atoms with Crippen LogP contribution in [0.25, 0.3) is 0 Å². The van der Waals surface area contributed by atoms with Crippen LogP contribution < -0.4 is 0 Å². The maximum atomic E-state index is 8.85. The number of aryl methyl sites for hydroxylation is 2. The highest BCUT2D eigenvalue weighted by Crippen LogP contribution is 2.20. The maximum Gasteiger partial charge on any atom is 0.0696 e. The lowest BCUT2D eigenvalue weighted by Gasteiger charge is -2.04. The summed E-state index contributed by atoms with van der Waals surface area (Å²) in [6, 6.07) is 3.79. The first kappa shape index (κ1) is 8.57. The van der Waals surface area contributed by atoms with Gasteiger partial charge in [-0.3, -0.25) is 0 Å². The van der Waals surface area contributed by atoms with Crippen molar-refractivity contribution in [3.8, 4) is 0 Å². The van der Waals surface area contributed by atoms with Crippen LogP contribution in [0.5, 0.6) is 0 Å². The van der Waals surface area contributed by atoms with E-state index in [4.69, 9.17) is 16.7 Å². The van der Waals surface area contributed by atoms with Crippen LogP contribution >= 0.6 is 11.6 Å². The van der Waals surface area contributed by atoms with Gasteiger partial charge in [-0.25, -0.2) is 0 Å². The molecule has 0 spiro atoms. The molecular weight excluding hydrogens is 160 g/mol. The van der Waals surface area contributed by atoms with Crippen molar-refractivity contribution in [2.24, 2.45) is 0 Å². The second kappa shape index (κ2) is 3.24. The number of halogens is 1. The fourth-order valence-corrected chi connectivity index (χ4v) is 1.24. The molecule has 11 heavy (non-hydrogen) atoms. The fraction of sp³-hybridized carbons (Fsp3) is 0.333. The van der Waals surface area contributed by atoms with E-state index in [9.17, 15) is 0 Å². The molecule has 0 amide bonds. The predicted molar refractivity (Wildman–Crippen MR) is 46.8 cm³/mol. The Labute approximate surface area is 71.6 Å². The Hall–Kier alpha value is -0.530. The average molecular weight is 171 g/mol. The molecule has 1 aromatic carbocycles. The van der Waals surface area contributed by atoms with Gasteiger partial charge < -0.3 is 5.11 Å². The summed E-state index contributed by atoms with van der Waals surface area (Å²) < 4.78 is 0. The topological polar surface area (TPSA) is 20.2 Å². The summed E-state index contributed by atoms with van der Waals surface area (Å²) in [6.07, 6.45) is 0. The highest BCUT2D eigenvalue weighted by atomic mass is 35.5. The van der Waals surface area contributed by atoms with Crippen LogP contribution in [-0.2, 0) is 6.61 Å². The summed E-state index contributed by atoms with van der Waals surface area (Å²) in [4.78, 5) is 0. The van der Waals surface area contributed by atoms with E-state index in [1.54, 1.807) is 0 Å². The summed E-state index contributed by atoms with van der Waals surface area (Å²) >= 11 is 5.84. The van der Waals surface area contributed by atoms with Gasteiger partial charge in [-0.05, 0) is 36.6 Å². The summed E-state index contributed by atoms with van der Waals surface area (Å²) in [5.74, 6) is 0. The highest BCUT2D eigenvalue weighted by molar-refractivity contribution is 6.31. The fourth-order valence-electron chi connectivity index (χ4n) is 0.962. The minimum atomic E-state index is 0.0138. The van der Waals surface area contributed by atoms with Crippen molar-refractivity contribution in [2.75, 3.05) is 0 Å². The quantitative estimate of drug-likeness (QED) is 0.687. The molecule has 0 unspecified atom stereocenters. The first-order valence-electron chi connectivity index (χ1n) is 3.51. The molecule has 0 heterocycles. The van der Waals surface area contributed by atoms with Crippen LogP contribution in [0.2, 0.25) is 5.02 Å². The third-order valence-electron chi connectivity index (χ3n) is 1.83. The van der Waals surface area contributed by atoms with Crippen molar-refractivity contribution >= 4 is 11.6 Å². The van der Waals surface area contributed by atoms with Crippen LogP contribution in [0.1, 0.15) is 16.7 Å². The number of hydrogen-bond acceptors (Lipinski definition) is 1. The highest BCUT2D eigenvalue weighted by Gasteiger charge is 2.00. The van der Waals surface area contributed by atoms with E-state index < -0.39 is 0 Å². The zero-order chi connectivity index (χ0) is 8.43. The molecule has 0 aliphatic rings. The summed E-state index contributed by atoms with van der Waals surface area (Å²) in [7, 11) is 0. The second-order valence-corrected chi connectivity index (χ2v) is 3.09. The van der Waals surface area contributed by atoms with Crippen LogP contribution in [0, 0.1) is 13.8 Å². The first-order valence-corrected chi connectivity index (χ1v) is 3.89. The van der Waals surface area contributed by atoms with Crippen molar-refractivity contribution in [3.05, 3.63) is 33.8 Å². The average Bonchev–Trinajstić information content (AvgIpc) is 1.97. The Morgan fingerprint density at radius 2 is 1.82 bits per heavy atom. The largest absolute Gasteiger partial charge is 0.392 e. The lowest BCUT2D eigenvalue weighted by atomic mass is 10.1. The van der Waals surface area contributed by atoms with Gasteiger partial charge in [0.15, 0.2) is 0 Å². The maximum absolute atomic E-state index is 8.85. The van der Waals surface area contributed by atoms with Crippen LogP contribution in [0.4, 0.5) is 0 Å². The smallest absolute Gasteiger partial charge is 0.0696 e. The Kier molecular flexibility index (Phi) is 2.53. The number of rotatable bonds is 1. The molecule has 1 N–H and O–H groups in total. The summed E-state index contributed by atoms with van der Waals surface area (Å²) in [5, 5.41) is 9.50. The SMILES string of the molecule is Cc1cc(Cl)c(CO)cc1C. The van der Waals surface area contributed by atoms with Crippen LogP contribution in [-0.4, -0.2) is 5.11 Å². The Bertz CT molecular complexity index is 269. The van der Waals surface area contributed by atoms with E-state index in [2.05, 4.69) is 0 Å². The zero-order valence-electron chi connectivity index (χ0n) is 6.69. The van der Waals surface area contributed by atoms with Gasteiger partial charge in [-0.1, -0.05) is 17.7 Å². The Balaban J connectivity index is 3.21. The van der Waals surface area contributed by atoms with Gasteiger partial charge in [0.1, 0.15) is 0 Å². The van der Waals surface area contributed by atoms with Gasteiger partial charge in [0, 0.05) is 5.02 Å². The summed E-state index contributed by atoms with van der Waals surface area (Å²) in [6.45, 7) is 4.02. The Morgan fingerprint density at radius 3 is 2.36 bits per heavy atom. The number of aliphatic hydroxyl groups excluding tert-OH is 1. The third kappa shape index (κ3) is 1.73. The molecule has 0 saturated carbocycles. The lowest BCUT2D eigenvalue weighted by Crippen LogP contribution is -1.88. The van der Waals surface area contributed by atoms with Crippen molar-refractivity contribution in [3.63, 3.8) is 0 Å². The molecule has 1 rings (SSSR count). The molecule has 0 aromatic heterocycles. The molecule has 2 heteroatoms. The molecule has 0 aliphatic carbocycles. The molecule has 1 aromatic rings. The molecule has 1 nitrogen and oxygen atoms in total. The van der Waals surface area contributed by atoms with E-state index in [0.29, 0.717) is 5.02 Å². The molecule has 0 bridgehead atoms. The van der Waals surface area contributed by atoms with E-state index >= 15 is 0 Å². The number of hydrogen-bond donors (Lipinski definition) is 1. The van der Waals surface area contributed by atoms with Crippen molar-refractivity contribution in [1.29, 1.82) is 0 Å². The predicted octanol–water partition coefficient (Wildman–Crippen LogP) is 2.45. The minimum Gasteiger partial charge on any atom is -0.392 e. The molecule has 0 fully saturated rings. The standard InChI is InChI=1S/C9H11ClO/c1-6-3-8(5-11)9(10)4-7(6)2/h3-4,11H,5H2,1-2H3. The zero-order valence-corrected chi connectivity index (χ0v) is 7.44. The van der Waals surface area contributed by atoms with Gasteiger partial charge in [-0.15, -0.1) is 0 Å². The van der Waals surface area contributed by atoms with E-state index in [0.717, 1.165) is 11.1 Å². The van der Waals surface area contributed by atoms with Gasteiger partial charge in [0.2, 0.25) is 0 Å². The van der Waals surface area contributed by atoms with E-state index in [1.165, 1.54) is 5.56 Å². The molecule has 0 radical (unpaired) electrons. The monoisotopic (exact) mass is 170 g/mol. The first-order chi connectivity index (χ1) is 5.15. The van der Waals surface area contributed by atoms with Gasteiger partial charge in [-0.2, -0.15) is 0 Å². The minimum absolute atomic E-state index is 0.0138. The summed E-state index contributed by atoms with van der Waals surface area (Å²) in [5.41, 5.74) is 3.13. The normalized spacial score (nSPS) is 10.2. The second-order valence-electron chi connectivity index (χ2n) is 2.69. The molecule has 0 saturated heterocycles. The van der Waals surface area contributed by atoms with Crippen molar-refractivity contribution in [2.45, 2.75) is 20.5 Å². The number of aliphatic hydroxyl groups is 1. The molecule has 0 atom stereocenters. The third-order valence-corrected chi connectivity index (χ3v) is 2.18. The Morgan fingerprint density at radius 1 is 1.27 bits per heavy atom. The lowest BCUT2D eigenvalue weighted by molar-refractivity contribution is 0.282. The van der Waals surface area contributed by atoms with Crippen LogP contribution in [0.3, 0.4) is 0 Å². The molecule has 60 valence electrons. The van der Waals surface area contributed by atoms with Gasteiger partial charge in [0.25, 0.3) is 0 Å².